The quantitative estimate of drug-likeness (QED) is 0.0124. The van der Waals surface area contributed by atoms with Gasteiger partial charge in [-0.15, -0.1) is 0 Å². The summed E-state index contributed by atoms with van der Waals surface area (Å²) in [5.41, 5.74) is 13.7. The topological polar surface area (TPSA) is 217 Å². The second kappa shape index (κ2) is 31.4. The number of fused-ring (bicyclic) bond motifs is 6. The molecule has 12 aromatic rings. The summed E-state index contributed by atoms with van der Waals surface area (Å²) in [5.74, 6) is -2.76. The number of ether oxygens (including phenoxy) is 1. The van der Waals surface area contributed by atoms with Crippen LogP contribution in [0.5, 0.6) is 0 Å². The van der Waals surface area contributed by atoms with E-state index < -0.39 is 40.2 Å². The number of benzene rings is 8. The number of aryl methyl sites for hydroxylation is 2. The maximum atomic E-state index is 13.4. The number of halogens is 1. The van der Waals surface area contributed by atoms with E-state index in [2.05, 4.69) is 146 Å². The van der Waals surface area contributed by atoms with Crippen LogP contribution in [-0.4, -0.2) is 112 Å². The fraction of sp³-hybridized carbons (Fsp3) is 0.287. The number of nitrogens with zero attached hydrogens (tertiary/aromatic N) is 6. The van der Waals surface area contributed by atoms with Gasteiger partial charge < -0.3 is 33.6 Å². The number of aliphatic hydroxyl groups excluding tert-OH is 1. The average molecular weight is 1440 g/mol. The summed E-state index contributed by atoms with van der Waals surface area (Å²) in [7, 11) is -1.96. The molecule has 4 aromatic heterocycles. The Hall–Kier alpha value is -9.42. The van der Waals surface area contributed by atoms with Gasteiger partial charge in [-0.25, -0.2) is 4.79 Å². The number of rotatable bonds is 20. The molecule has 3 amide bonds. The highest BCUT2D eigenvalue weighted by atomic mass is 79.9. The Morgan fingerprint density at radius 1 is 0.540 bits per heavy atom. The van der Waals surface area contributed by atoms with Crippen LogP contribution in [0, 0.1) is 0 Å². The molecule has 0 bridgehead atoms. The molecule has 0 aliphatic carbocycles. The fourth-order valence-electron chi connectivity index (χ4n) is 11.7. The fourth-order valence-corrected chi connectivity index (χ4v) is 14.1. The van der Waals surface area contributed by atoms with Gasteiger partial charge >= 0.3 is 5.97 Å². The van der Waals surface area contributed by atoms with E-state index in [1.807, 2.05) is 155 Å². The summed E-state index contributed by atoms with van der Waals surface area (Å²) >= 11 is 3.40. The smallest absolute Gasteiger partial charge is 0.379 e. The Morgan fingerprint density at radius 3 is 1.53 bits per heavy atom. The second-order valence-electron chi connectivity index (χ2n) is 27.9. The van der Waals surface area contributed by atoms with E-state index in [1.165, 1.54) is 7.11 Å². The van der Waals surface area contributed by atoms with Crippen molar-refractivity contribution in [2.24, 2.45) is 5.73 Å². The van der Waals surface area contributed by atoms with E-state index in [0.717, 1.165) is 120 Å². The minimum atomic E-state index is -1.70. The number of primary amides is 1. The number of ketones is 1. The van der Waals surface area contributed by atoms with Crippen LogP contribution in [0.4, 0.5) is 0 Å². The third-order valence-electron chi connectivity index (χ3n) is 19.1. The van der Waals surface area contributed by atoms with Crippen molar-refractivity contribution in [3.05, 3.63) is 217 Å². The Bertz CT molecular complexity index is 5030. The standard InChI is InChI=1S/C32H24N4O3.C21H15NO3.C18H29N3O2Si.C9H21BrOSi/c37-17-7-16-36-27-13-6-4-11-24(27)30(34-36)29-28(31(38)33-32(29)39)25-19-35(26-12-5-3-10-23(25)26)22-15-14-20-8-1-2-9-21(20)18-22;1-25-21(24)20(23)18-13-22(19-9-5-4-8-17(18)19)16-11-10-14-6-2-3-7-15(14)12-16;1-18(2,3)24(4,5)23-12-8-11-21-16-10-7-6-9-14(16)15(20-21)13-17(19)22;1-9(2,3)12(4,5)11-8-6-7-10/h1-6,8-15,18-19,37H,7,16-17H2,(H,33,38,39);2-13H,1H3;6-7,9-10H,8,11-13H2,1-5H3,(H2,19,22);6-8H2,1-5H3. The Morgan fingerprint density at radius 2 is 0.990 bits per heavy atom. The number of methoxy groups -OCH3 is 1. The van der Waals surface area contributed by atoms with Crippen LogP contribution >= 0.6 is 15.9 Å². The first-order chi connectivity index (χ1) is 47.7. The van der Waals surface area contributed by atoms with Crippen LogP contribution in [0.25, 0.3) is 87.7 Å². The molecule has 1 aliphatic rings. The number of amides is 3. The van der Waals surface area contributed by atoms with Gasteiger partial charge in [-0.1, -0.05) is 191 Å². The minimum absolute atomic E-state index is 0.0325. The normalized spacial score (nSPS) is 12.8. The molecule has 100 heavy (non-hydrogen) atoms. The maximum Gasteiger partial charge on any atom is 0.379 e. The predicted molar refractivity (Wildman–Crippen MR) is 411 cm³/mol. The Labute approximate surface area is 594 Å². The second-order valence-corrected chi connectivity index (χ2v) is 38.3. The van der Waals surface area contributed by atoms with Crippen molar-refractivity contribution in [3.63, 3.8) is 0 Å². The summed E-state index contributed by atoms with van der Waals surface area (Å²) in [6.45, 7) is 25.6. The number of esters is 1. The largest absolute Gasteiger partial charge is 0.463 e. The van der Waals surface area contributed by atoms with Crippen molar-refractivity contribution in [1.29, 1.82) is 0 Å². The molecule has 4 N–H and O–H groups in total. The number of hydrogen-bond donors (Lipinski definition) is 3. The first kappa shape index (κ1) is 73.3. The van der Waals surface area contributed by atoms with E-state index in [9.17, 15) is 29.1 Å². The number of carbonyl (C=O) groups excluding carboxylic acids is 5. The van der Waals surface area contributed by atoms with Crippen molar-refractivity contribution < 1.29 is 42.7 Å². The van der Waals surface area contributed by atoms with Crippen molar-refractivity contribution >= 4 is 138 Å². The highest BCUT2D eigenvalue weighted by Gasteiger charge is 2.39. The van der Waals surface area contributed by atoms with Crippen LogP contribution in [-0.2, 0) is 52.3 Å². The number of carbonyl (C=O) groups is 5. The monoisotopic (exact) mass is 1440 g/mol. The molecule has 0 saturated carbocycles. The SMILES string of the molecule is CC(C)(C)[Si](C)(C)OCCCBr.CC(C)(C)[Si](C)(C)OCCCn1nc(CC(N)=O)c2ccccc21.COC(=O)C(=O)c1cn(-c2ccc3ccccc3c2)c2ccccc12.O=C1NC(=O)C(c2nn(CCCO)c3ccccc23)=C1c1cn(-c2ccc3ccccc3c2)c2ccccc12. The maximum absolute atomic E-state index is 13.4. The molecule has 20 heteroatoms. The number of aliphatic hydroxyl groups is 1. The number of hydrogen-bond acceptors (Lipinski definition) is 11. The molecule has 5 heterocycles. The molecule has 1 aliphatic heterocycles. The number of imide groups is 1. The molecule has 0 atom stereocenters. The number of para-hydroxylation sites is 4. The number of nitrogens with two attached hydrogens (primary N) is 1. The predicted octanol–water partition coefficient (Wildman–Crippen LogP) is 16.5. The number of Topliss-reactive ketones (excluding diaryl/α,β-unsaturated/α-hetero) is 1. The highest BCUT2D eigenvalue weighted by Crippen LogP contribution is 2.41. The van der Waals surface area contributed by atoms with Gasteiger partial charge in [0.2, 0.25) is 5.91 Å². The van der Waals surface area contributed by atoms with Crippen LogP contribution < -0.4 is 11.1 Å². The van der Waals surface area contributed by atoms with Gasteiger partial charge in [0.25, 0.3) is 17.6 Å². The lowest BCUT2D eigenvalue weighted by atomic mass is 9.97. The van der Waals surface area contributed by atoms with Crippen molar-refractivity contribution in [2.45, 2.75) is 117 Å². The van der Waals surface area contributed by atoms with Crippen LogP contribution in [0.15, 0.2) is 194 Å². The third kappa shape index (κ3) is 16.2. The van der Waals surface area contributed by atoms with Gasteiger partial charge in [0.15, 0.2) is 16.6 Å². The van der Waals surface area contributed by atoms with Crippen molar-refractivity contribution in [3.8, 4) is 11.4 Å². The zero-order valence-electron chi connectivity index (χ0n) is 58.9. The van der Waals surface area contributed by atoms with Crippen LogP contribution in [0.2, 0.25) is 36.3 Å². The summed E-state index contributed by atoms with van der Waals surface area (Å²) in [6.07, 6.45) is 6.36. The Kier molecular flexibility index (Phi) is 23.0. The molecular formula is C80H89BrN8O9Si2. The van der Waals surface area contributed by atoms with E-state index in [-0.39, 0.29) is 29.5 Å². The zero-order chi connectivity index (χ0) is 71.7. The summed E-state index contributed by atoms with van der Waals surface area (Å²) in [5, 5.41) is 30.8. The lowest BCUT2D eigenvalue weighted by Crippen LogP contribution is -2.41. The summed E-state index contributed by atoms with van der Waals surface area (Å²) in [4.78, 5) is 62.0. The first-order valence-corrected chi connectivity index (χ1v) is 40.7. The summed E-state index contributed by atoms with van der Waals surface area (Å²) < 4.78 is 24.5. The van der Waals surface area contributed by atoms with Crippen LogP contribution in [0.3, 0.4) is 0 Å². The molecule has 17 nitrogen and oxygen atoms in total. The highest BCUT2D eigenvalue weighted by molar-refractivity contribution is 9.09. The molecular weight excluding hydrogens is 1350 g/mol. The number of aromatic nitrogens is 6. The molecule has 0 radical (unpaired) electrons. The lowest BCUT2D eigenvalue weighted by molar-refractivity contribution is -0.135. The van der Waals surface area contributed by atoms with Gasteiger partial charge in [-0.3, -0.25) is 33.9 Å². The van der Waals surface area contributed by atoms with E-state index in [4.69, 9.17) is 19.7 Å². The summed E-state index contributed by atoms with van der Waals surface area (Å²) in [6, 6.07) is 59.7. The van der Waals surface area contributed by atoms with E-state index in [0.29, 0.717) is 40.4 Å². The molecule has 13 rings (SSSR count). The van der Waals surface area contributed by atoms with E-state index in [1.54, 1.807) is 10.9 Å². The average Bonchev–Trinajstić information content (AvgIpc) is 1.58. The van der Waals surface area contributed by atoms with Gasteiger partial charge in [-0.2, -0.15) is 10.2 Å². The molecule has 0 fully saturated rings. The number of nitrogens with one attached hydrogen (secondary N) is 1. The molecule has 8 aromatic carbocycles. The van der Waals surface area contributed by atoms with Gasteiger partial charge in [0.05, 0.1) is 58.0 Å². The minimum Gasteiger partial charge on any atom is -0.463 e. The molecule has 0 saturated heterocycles. The lowest BCUT2D eigenvalue weighted by Gasteiger charge is -2.36. The third-order valence-corrected chi connectivity index (χ3v) is 28.7. The Balaban J connectivity index is 0.000000155. The van der Waals surface area contributed by atoms with Gasteiger partial charge in [0, 0.05) is 89.1 Å². The van der Waals surface area contributed by atoms with Gasteiger partial charge in [0.1, 0.15) is 5.69 Å². The van der Waals surface area contributed by atoms with Crippen LogP contribution in [0.1, 0.15) is 88.1 Å². The number of alkyl halides is 1. The molecule has 518 valence electrons. The first-order valence-electron chi connectivity index (χ1n) is 33.8. The zero-order valence-corrected chi connectivity index (χ0v) is 62.5. The van der Waals surface area contributed by atoms with Crippen molar-refractivity contribution in [1.82, 2.24) is 34.0 Å². The molecule has 0 spiro atoms. The van der Waals surface area contributed by atoms with Crippen molar-refractivity contribution in [2.75, 3.05) is 32.3 Å². The molecule has 0 unspecified atom stereocenters. The van der Waals surface area contributed by atoms with Gasteiger partial charge in [-0.05, 0) is 126 Å². The van der Waals surface area contributed by atoms with E-state index >= 15 is 0 Å².